The van der Waals surface area contributed by atoms with E-state index in [1.165, 1.54) is 0 Å². The number of hydrazine groups is 2. The summed E-state index contributed by atoms with van der Waals surface area (Å²) >= 11 is 0. The van der Waals surface area contributed by atoms with E-state index in [1.54, 1.807) is 0 Å². The van der Waals surface area contributed by atoms with Crippen LogP contribution in [0, 0.1) is 0 Å². The molecule has 0 bridgehead atoms. The lowest BCUT2D eigenvalue weighted by Crippen LogP contribution is -2.05. The van der Waals surface area contributed by atoms with Crippen molar-refractivity contribution in [1.82, 2.24) is 0 Å². The molecule has 0 aliphatic carbocycles. The van der Waals surface area contributed by atoms with Crippen LogP contribution in [0.4, 0.5) is 5.69 Å². The maximum Gasteiger partial charge on any atom is 0.135 e. The first-order valence-electron chi connectivity index (χ1n) is 5.76. The molecule has 0 unspecified atom stereocenters. The van der Waals surface area contributed by atoms with Crippen molar-refractivity contribution in [3.63, 3.8) is 0 Å². The summed E-state index contributed by atoms with van der Waals surface area (Å²) in [5.41, 5.74) is 5.44. The summed E-state index contributed by atoms with van der Waals surface area (Å²) in [5.74, 6) is 14.2. The summed E-state index contributed by atoms with van der Waals surface area (Å²) in [7, 11) is 0. The number of benzene rings is 2. The lowest BCUT2D eigenvalue weighted by Gasteiger charge is -1.96. The Morgan fingerprint density at radius 2 is 1.63 bits per heavy atom. The molecule has 0 spiro atoms. The predicted octanol–water partition coefficient (Wildman–Crippen LogP) is 2.20. The SMILES string of the molecule is NN.NNc1ccc2oc(-c3ccccc3)cc2c1. The summed E-state index contributed by atoms with van der Waals surface area (Å²) in [4.78, 5) is 0. The maximum absolute atomic E-state index is 5.78. The molecule has 19 heavy (non-hydrogen) atoms. The number of hydrogen-bond acceptors (Lipinski definition) is 5. The van der Waals surface area contributed by atoms with Gasteiger partial charge in [0.1, 0.15) is 11.3 Å². The highest BCUT2D eigenvalue weighted by atomic mass is 16.3. The molecule has 0 radical (unpaired) electrons. The fraction of sp³-hybridized carbons (Fsp3) is 0. The second-order valence-corrected chi connectivity index (χ2v) is 3.87. The van der Waals surface area contributed by atoms with Crippen molar-refractivity contribution in [3.05, 3.63) is 54.6 Å². The third-order valence-corrected chi connectivity index (χ3v) is 2.74. The molecule has 5 nitrogen and oxygen atoms in total. The summed E-state index contributed by atoms with van der Waals surface area (Å²) < 4.78 is 5.78. The van der Waals surface area contributed by atoms with Gasteiger partial charge >= 0.3 is 0 Å². The molecule has 1 aromatic heterocycles. The monoisotopic (exact) mass is 256 g/mol. The fourth-order valence-electron chi connectivity index (χ4n) is 1.88. The minimum absolute atomic E-state index is 0.864. The molecule has 0 aliphatic heterocycles. The molecule has 1 heterocycles. The molecule has 0 fully saturated rings. The molecule has 3 rings (SSSR count). The van der Waals surface area contributed by atoms with Crippen molar-refractivity contribution in [2.75, 3.05) is 5.43 Å². The predicted molar refractivity (Wildman–Crippen MR) is 77.8 cm³/mol. The molecule has 0 saturated carbocycles. The molecule has 0 atom stereocenters. The molecule has 7 N–H and O–H groups in total. The summed E-state index contributed by atoms with van der Waals surface area (Å²) in [6.07, 6.45) is 0. The number of nitrogen functional groups attached to an aromatic ring is 1. The number of rotatable bonds is 2. The van der Waals surface area contributed by atoms with Crippen molar-refractivity contribution in [2.45, 2.75) is 0 Å². The molecule has 98 valence electrons. The zero-order valence-electron chi connectivity index (χ0n) is 10.3. The van der Waals surface area contributed by atoms with E-state index in [1.807, 2.05) is 54.6 Å². The summed E-state index contributed by atoms with van der Waals surface area (Å²) in [5, 5.41) is 1.04. The van der Waals surface area contributed by atoms with Crippen LogP contribution in [0.3, 0.4) is 0 Å². The van der Waals surface area contributed by atoms with Gasteiger partial charge in [0.25, 0.3) is 0 Å². The molecule has 0 aliphatic rings. The van der Waals surface area contributed by atoms with Crippen LogP contribution in [0.5, 0.6) is 0 Å². The zero-order chi connectivity index (χ0) is 13.7. The van der Waals surface area contributed by atoms with Gasteiger partial charge in [0.2, 0.25) is 0 Å². The van der Waals surface area contributed by atoms with Crippen LogP contribution in [0.25, 0.3) is 22.3 Å². The Morgan fingerprint density at radius 1 is 0.895 bits per heavy atom. The van der Waals surface area contributed by atoms with Crippen molar-refractivity contribution in [3.8, 4) is 11.3 Å². The van der Waals surface area contributed by atoms with Gasteiger partial charge in [-0.05, 0) is 24.3 Å². The largest absolute Gasteiger partial charge is 0.456 e. The standard InChI is InChI=1S/C14H12N2O.H4N2/c15-16-12-6-7-13-11(8-12)9-14(17-13)10-4-2-1-3-5-10;1-2/h1-9,16H,15H2;1-2H2. The number of fused-ring (bicyclic) bond motifs is 1. The second-order valence-electron chi connectivity index (χ2n) is 3.87. The van der Waals surface area contributed by atoms with E-state index in [2.05, 4.69) is 17.1 Å². The number of anilines is 1. The van der Waals surface area contributed by atoms with Crippen LogP contribution >= 0.6 is 0 Å². The molecule has 2 aromatic carbocycles. The van der Waals surface area contributed by atoms with Gasteiger partial charge in [-0.1, -0.05) is 30.3 Å². The normalized spacial score (nSPS) is 9.84. The van der Waals surface area contributed by atoms with Gasteiger partial charge in [0.05, 0.1) is 0 Å². The van der Waals surface area contributed by atoms with Gasteiger partial charge in [0, 0.05) is 16.6 Å². The van der Waals surface area contributed by atoms with E-state index < -0.39 is 0 Å². The lowest BCUT2D eigenvalue weighted by molar-refractivity contribution is 0.631. The number of furan rings is 1. The topological polar surface area (TPSA) is 103 Å². The first-order valence-corrected chi connectivity index (χ1v) is 5.76. The highest BCUT2D eigenvalue weighted by Gasteiger charge is 2.05. The number of nitrogens with one attached hydrogen (secondary N) is 1. The van der Waals surface area contributed by atoms with Crippen LogP contribution in [0.2, 0.25) is 0 Å². The quantitative estimate of drug-likeness (QED) is 0.416. The average molecular weight is 256 g/mol. The third-order valence-electron chi connectivity index (χ3n) is 2.74. The van der Waals surface area contributed by atoms with Crippen molar-refractivity contribution >= 4 is 16.7 Å². The van der Waals surface area contributed by atoms with Crippen LogP contribution in [-0.4, -0.2) is 0 Å². The minimum Gasteiger partial charge on any atom is -0.456 e. The molecular formula is C14H16N4O. The Balaban J connectivity index is 0.000000637. The first-order chi connectivity index (χ1) is 9.36. The Hall–Kier alpha value is -2.34. The molecule has 5 heteroatoms. The van der Waals surface area contributed by atoms with Crippen LogP contribution in [0.1, 0.15) is 0 Å². The van der Waals surface area contributed by atoms with Gasteiger partial charge < -0.3 is 9.84 Å². The highest BCUT2D eigenvalue weighted by Crippen LogP contribution is 2.29. The van der Waals surface area contributed by atoms with Crippen molar-refractivity contribution < 1.29 is 4.42 Å². The highest BCUT2D eigenvalue weighted by molar-refractivity contribution is 5.85. The van der Waals surface area contributed by atoms with Crippen LogP contribution in [0.15, 0.2) is 59.0 Å². The Kier molecular flexibility index (Phi) is 4.15. The van der Waals surface area contributed by atoms with Gasteiger partial charge in [0.15, 0.2) is 0 Å². The number of hydrogen-bond donors (Lipinski definition) is 4. The van der Waals surface area contributed by atoms with Gasteiger partial charge in [-0.15, -0.1) is 0 Å². The second kappa shape index (κ2) is 6.01. The van der Waals surface area contributed by atoms with Gasteiger partial charge in [-0.25, -0.2) is 0 Å². The minimum atomic E-state index is 0.864. The van der Waals surface area contributed by atoms with E-state index in [4.69, 9.17) is 10.3 Å². The summed E-state index contributed by atoms with van der Waals surface area (Å²) in [6.45, 7) is 0. The van der Waals surface area contributed by atoms with E-state index in [9.17, 15) is 0 Å². The average Bonchev–Trinajstić information content (AvgIpc) is 2.93. The maximum atomic E-state index is 5.78. The van der Waals surface area contributed by atoms with E-state index in [0.29, 0.717) is 0 Å². The summed E-state index contributed by atoms with van der Waals surface area (Å²) in [6, 6.07) is 17.8. The number of nitrogens with two attached hydrogens (primary N) is 3. The molecule has 0 amide bonds. The van der Waals surface area contributed by atoms with Gasteiger partial charge in [-0.3, -0.25) is 17.5 Å². The fourth-order valence-corrected chi connectivity index (χ4v) is 1.88. The van der Waals surface area contributed by atoms with Crippen molar-refractivity contribution in [1.29, 1.82) is 0 Å². The van der Waals surface area contributed by atoms with E-state index >= 15 is 0 Å². The van der Waals surface area contributed by atoms with E-state index in [-0.39, 0.29) is 0 Å². The lowest BCUT2D eigenvalue weighted by atomic mass is 10.1. The third kappa shape index (κ3) is 2.74. The van der Waals surface area contributed by atoms with Crippen molar-refractivity contribution in [2.24, 2.45) is 17.5 Å². The molecular weight excluding hydrogens is 240 g/mol. The Bertz CT molecular complexity index is 649. The molecule has 0 saturated heterocycles. The van der Waals surface area contributed by atoms with E-state index in [0.717, 1.165) is 28.0 Å². The van der Waals surface area contributed by atoms with Crippen LogP contribution < -0.4 is 23.0 Å². The van der Waals surface area contributed by atoms with Gasteiger partial charge in [-0.2, -0.15) is 0 Å². The molecule has 3 aromatic rings. The smallest absolute Gasteiger partial charge is 0.135 e. The Labute approximate surface area is 110 Å². The first kappa shape index (κ1) is 13.1. The zero-order valence-corrected chi connectivity index (χ0v) is 10.3. The Morgan fingerprint density at radius 3 is 2.32 bits per heavy atom. The van der Waals surface area contributed by atoms with Crippen LogP contribution in [-0.2, 0) is 0 Å².